The number of nitrogens with one attached hydrogen (secondary N) is 1. The molecule has 2 atom stereocenters. The van der Waals surface area contributed by atoms with Crippen molar-refractivity contribution in [2.75, 3.05) is 23.3 Å². The van der Waals surface area contributed by atoms with Crippen LogP contribution in [0.2, 0.25) is 0 Å². The summed E-state index contributed by atoms with van der Waals surface area (Å²) in [4.78, 5) is 32.4. The number of rotatable bonds is 5. The van der Waals surface area contributed by atoms with Gasteiger partial charge in [0.1, 0.15) is 22.7 Å². The minimum absolute atomic E-state index is 0.133. The highest BCUT2D eigenvalue weighted by Crippen LogP contribution is 2.37. The number of amides is 1. The number of hydrogen-bond donors (Lipinski definition) is 3. The van der Waals surface area contributed by atoms with Gasteiger partial charge in [0.2, 0.25) is 0 Å². The summed E-state index contributed by atoms with van der Waals surface area (Å²) in [7, 11) is 1.91. The molecule has 1 amide bonds. The molecule has 0 spiro atoms. The van der Waals surface area contributed by atoms with Crippen LogP contribution in [-0.2, 0) is 7.05 Å². The summed E-state index contributed by atoms with van der Waals surface area (Å²) in [6.45, 7) is 4.63. The second kappa shape index (κ2) is 9.62. The number of fused-ring (bicyclic) bond motifs is 1. The highest BCUT2D eigenvalue weighted by Gasteiger charge is 2.32. The average molecular weight is 524 g/mol. The molecule has 0 aliphatic carbocycles. The van der Waals surface area contributed by atoms with Crippen molar-refractivity contribution >= 4 is 28.3 Å². The van der Waals surface area contributed by atoms with Crippen LogP contribution < -0.4 is 21.5 Å². The number of aromatic nitrogens is 4. The van der Waals surface area contributed by atoms with E-state index in [2.05, 4.69) is 10.4 Å². The average Bonchev–Trinajstić information content (AvgIpc) is 3.38. The van der Waals surface area contributed by atoms with Crippen LogP contribution in [0.5, 0.6) is 0 Å². The van der Waals surface area contributed by atoms with E-state index in [9.17, 15) is 23.5 Å². The van der Waals surface area contributed by atoms with Crippen LogP contribution in [-0.4, -0.2) is 55.6 Å². The molecule has 5 rings (SSSR count). The Morgan fingerprint density at radius 1 is 1.11 bits per heavy atom. The molecule has 2 aromatic heterocycles. The van der Waals surface area contributed by atoms with Crippen molar-refractivity contribution in [2.24, 2.45) is 12.8 Å². The third kappa shape index (κ3) is 4.31. The molecular weight excluding hydrogens is 496 g/mol. The predicted molar refractivity (Wildman–Crippen MR) is 139 cm³/mol. The second-order valence-electron chi connectivity index (χ2n) is 9.64. The van der Waals surface area contributed by atoms with Gasteiger partial charge in [-0.05, 0) is 30.3 Å². The Kier molecular flexibility index (Phi) is 6.45. The summed E-state index contributed by atoms with van der Waals surface area (Å²) in [5.41, 5.74) is 6.79. The second-order valence-corrected chi connectivity index (χ2v) is 9.64. The van der Waals surface area contributed by atoms with Gasteiger partial charge in [-0.1, -0.05) is 19.9 Å². The maximum Gasteiger partial charge on any atom is 0.276 e. The van der Waals surface area contributed by atoms with E-state index in [1.54, 1.807) is 6.07 Å². The molecule has 1 aliphatic heterocycles. The van der Waals surface area contributed by atoms with Gasteiger partial charge in [0.25, 0.3) is 11.5 Å². The number of aliphatic hydroxyl groups is 1. The molecule has 10 nitrogen and oxygen atoms in total. The van der Waals surface area contributed by atoms with E-state index >= 15 is 0 Å². The van der Waals surface area contributed by atoms with Gasteiger partial charge in [-0.25, -0.2) is 13.8 Å². The Morgan fingerprint density at radius 2 is 1.82 bits per heavy atom. The maximum atomic E-state index is 14.3. The van der Waals surface area contributed by atoms with Crippen LogP contribution in [0.4, 0.5) is 20.2 Å². The highest BCUT2D eigenvalue weighted by atomic mass is 19.1. The van der Waals surface area contributed by atoms with Crippen molar-refractivity contribution in [3.05, 3.63) is 76.0 Å². The molecule has 2 aromatic carbocycles. The van der Waals surface area contributed by atoms with Crippen molar-refractivity contribution < 1.29 is 18.7 Å². The van der Waals surface area contributed by atoms with Gasteiger partial charge in [0.15, 0.2) is 11.6 Å². The number of imidazole rings is 1. The van der Waals surface area contributed by atoms with E-state index in [1.807, 2.05) is 36.4 Å². The molecule has 1 saturated heterocycles. The van der Waals surface area contributed by atoms with Crippen molar-refractivity contribution in [3.8, 4) is 5.69 Å². The van der Waals surface area contributed by atoms with Crippen LogP contribution in [0.15, 0.2) is 47.3 Å². The smallest absolute Gasteiger partial charge is 0.276 e. The molecule has 1 aliphatic rings. The van der Waals surface area contributed by atoms with E-state index in [4.69, 9.17) is 10.7 Å². The minimum Gasteiger partial charge on any atom is -0.390 e. The van der Waals surface area contributed by atoms with Crippen LogP contribution in [0.1, 0.15) is 36.1 Å². The lowest BCUT2D eigenvalue weighted by atomic mass is 10.2. The summed E-state index contributed by atoms with van der Waals surface area (Å²) in [6, 6.07) is 8.40. The predicted octanol–water partition coefficient (Wildman–Crippen LogP) is 2.28. The third-order valence-electron chi connectivity index (χ3n) is 6.66. The first-order chi connectivity index (χ1) is 18.1. The quantitative estimate of drug-likeness (QED) is 0.366. The van der Waals surface area contributed by atoms with Crippen LogP contribution >= 0.6 is 0 Å². The number of carbonyl (C=O) groups excluding carboxylic acids is 1. The Labute approximate surface area is 216 Å². The Hall–Kier alpha value is -4.16. The van der Waals surface area contributed by atoms with Crippen molar-refractivity contribution in [1.82, 2.24) is 19.3 Å². The lowest BCUT2D eigenvalue weighted by Crippen LogP contribution is -2.32. The lowest BCUT2D eigenvalue weighted by molar-refractivity contribution is 0.102. The Morgan fingerprint density at radius 3 is 2.45 bits per heavy atom. The summed E-state index contributed by atoms with van der Waals surface area (Å²) >= 11 is 0. The number of nitrogens with zero attached hydrogens (tertiary/aromatic N) is 5. The number of benzene rings is 2. The van der Waals surface area contributed by atoms with Gasteiger partial charge in [-0.15, -0.1) is 0 Å². The van der Waals surface area contributed by atoms with E-state index in [1.165, 1.54) is 6.07 Å². The first kappa shape index (κ1) is 25.5. The Bertz CT molecular complexity index is 1580. The molecule has 1 fully saturated rings. The number of carbonyl (C=O) groups is 1. The summed E-state index contributed by atoms with van der Waals surface area (Å²) in [5.74, 6) is -1.72. The highest BCUT2D eigenvalue weighted by molar-refractivity contribution is 6.08. The summed E-state index contributed by atoms with van der Waals surface area (Å²) < 4.78 is 31.2. The summed E-state index contributed by atoms with van der Waals surface area (Å²) in [6.07, 6.45) is -0.761. The fourth-order valence-corrected chi connectivity index (χ4v) is 4.76. The molecule has 198 valence electrons. The van der Waals surface area contributed by atoms with Crippen molar-refractivity contribution in [1.29, 1.82) is 0 Å². The minimum atomic E-state index is -0.995. The first-order valence-electron chi connectivity index (χ1n) is 12.1. The molecular formula is C26H27F2N7O3. The van der Waals surface area contributed by atoms with Crippen LogP contribution in [0, 0.1) is 11.6 Å². The van der Waals surface area contributed by atoms with E-state index < -0.39 is 40.9 Å². The van der Waals surface area contributed by atoms with Crippen LogP contribution in [0.3, 0.4) is 0 Å². The van der Waals surface area contributed by atoms with Crippen LogP contribution in [0.25, 0.3) is 16.7 Å². The Balaban J connectivity index is 1.58. The number of β-amino-alcohol motifs (C(OH)–C–C–N with tert-alkyl or cyclic N) is 1. The number of anilines is 2. The van der Waals surface area contributed by atoms with E-state index in [0.717, 1.165) is 35.6 Å². The van der Waals surface area contributed by atoms with Gasteiger partial charge in [0.05, 0.1) is 23.0 Å². The molecule has 2 unspecified atom stereocenters. The number of nitrogens with two attached hydrogens (primary N) is 1. The van der Waals surface area contributed by atoms with E-state index in [-0.39, 0.29) is 18.2 Å². The molecule has 3 heterocycles. The molecule has 4 aromatic rings. The third-order valence-corrected chi connectivity index (χ3v) is 6.66. The number of aryl methyl sites for hydroxylation is 1. The number of hydrogen-bond acceptors (Lipinski definition) is 7. The fourth-order valence-electron chi connectivity index (χ4n) is 4.76. The molecule has 0 saturated carbocycles. The van der Waals surface area contributed by atoms with Crippen molar-refractivity contribution in [2.45, 2.75) is 31.9 Å². The fraction of sp³-hybridized carbons (Fsp3) is 0.308. The topological polar surface area (TPSA) is 131 Å². The number of aliphatic hydroxyl groups excluding tert-OH is 1. The van der Waals surface area contributed by atoms with E-state index in [0.29, 0.717) is 28.1 Å². The molecule has 0 radical (unpaired) electrons. The summed E-state index contributed by atoms with van der Waals surface area (Å²) in [5, 5.41) is 17.1. The molecule has 4 N–H and O–H groups in total. The zero-order valence-corrected chi connectivity index (χ0v) is 21.0. The standard InChI is InChI=1S/C26H27F2N7O3/c1-13(2)25-31-22-19(33(25)3)9-7-17(24(22)34-11-16(29)20(36)12-34)30-26(38)18-8-10-21(37)35(32-18)23-14(27)5-4-6-15(23)28/h4-10,13,16,20,36H,11-12,29H2,1-3H3,(H,30,38). The molecule has 12 heteroatoms. The monoisotopic (exact) mass is 523 g/mol. The lowest BCUT2D eigenvalue weighted by Gasteiger charge is -2.22. The van der Waals surface area contributed by atoms with Gasteiger partial charge >= 0.3 is 0 Å². The van der Waals surface area contributed by atoms with Crippen molar-refractivity contribution in [3.63, 3.8) is 0 Å². The zero-order chi connectivity index (χ0) is 27.3. The maximum absolute atomic E-state index is 14.3. The van der Waals surface area contributed by atoms with Gasteiger partial charge in [-0.2, -0.15) is 9.78 Å². The largest absolute Gasteiger partial charge is 0.390 e. The number of halogens is 2. The normalized spacial score (nSPS) is 17.5. The van der Waals surface area contributed by atoms with Gasteiger partial charge in [0, 0.05) is 38.2 Å². The first-order valence-corrected chi connectivity index (χ1v) is 12.1. The van der Waals surface area contributed by atoms with Gasteiger partial charge < -0.3 is 25.6 Å². The molecule has 0 bridgehead atoms. The number of para-hydroxylation sites is 1. The zero-order valence-electron chi connectivity index (χ0n) is 21.0. The van der Waals surface area contributed by atoms with Gasteiger partial charge in [-0.3, -0.25) is 9.59 Å². The SMILES string of the molecule is CC(C)c1nc2c(N3CC(N)C(O)C3)c(NC(=O)c3ccc(=O)n(-c4c(F)cccc4F)n3)ccc2n1C. The molecule has 38 heavy (non-hydrogen) atoms.